The third-order valence-corrected chi connectivity index (χ3v) is 5.13. The molecule has 11 heteroatoms. The van der Waals surface area contributed by atoms with Gasteiger partial charge < -0.3 is 14.6 Å². The van der Waals surface area contributed by atoms with Gasteiger partial charge in [-0.05, 0) is 12.1 Å². The number of nitrogens with zero attached hydrogens (tertiary/aromatic N) is 2. The Morgan fingerprint density at radius 1 is 1.44 bits per heavy atom. The van der Waals surface area contributed by atoms with Gasteiger partial charge in [-0.15, -0.1) is 12.4 Å². The molecule has 0 spiro atoms. The maximum absolute atomic E-state index is 13.5. The predicted octanol–water partition coefficient (Wildman–Crippen LogP) is 0.673. The van der Waals surface area contributed by atoms with Gasteiger partial charge in [0, 0.05) is 26.2 Å². The Morgan fingerprint density at radius 3 is 2.78 bits per heavy atom. The van der Waals surface area contributed by atoms with Crippen LogP contribution in [0.4, 0.5) is 4.39 Å². The maximum atomic E-state index is 13.5. The third-order valence-electron chi connectivity index (χ3n) is 3.91. The summed E-state index contributed by atoms with van der Waals surface area (Å²) in [5.41, 5.74) is 0. The molecule has 1 heterocycles. The molecule has 1 atom stereocenters. The highest BCUT2D eigenvalue weighted by atomic mass is 35.5. The average molecular weight is 427 g/mol. The number of hydrogen-bond acceptors (Lipinski definition) is 6. The molecule has 1 aliphatic rings. The number of para-hydroxylation sites is 1. The topological polar surface area (TPSA) is 96.4 Å². The first-order valence-corrected chi connectivity index (χ1v) is 9.98. The van der Waals surface area contributed by atoms with Gasteiger partial charge in [0.1, 0.15) is 13.2 Å². The average Bonchev–Trinajstić information content (AvgIpc) is 2.55. The molecule has 1 saturated heterocycles. The number of rotatable bonds is 9. The lowest BCUT2D eigenvalue weighted by Crippen LogP contribution is -2.50. The molecule has 2 rings (SSSR count). The van der Waals surface area contributed by atoms with Crippen LogP contribution in [-0.4, -0.2) is 87.0 Å². The summed E-state index contributed by atoms with van der Waals surface area (Å²) in [7, 11) is -3.65. The van der Waals surface area contributed by atoms with Crippen molar-refractivity contribution in [3.8, 4) is 5.75 Å². The number of ether oxygens (including phenoxy) is 2. The third kappa shape index (κ3) is 7.97. The van der Waals surface area contributed by atoms with E-state index in [0.29, 0.717) is 26.2 Å². The van der Waals surface area contributed by atoms with Gasteiger partial charge in [-0.2, -0.15) is 4.31 Å². The summed E-state index contributed by atoms with van der Waals surface area (Å²) in [6.07, 6.45) is 0.532. The second-order valence-electron chi connectivity index (χ2n) is 6.02. The van der Waals surface area contributed by atoms with Gasteiger partial charge in [-0.3, -0.25) is 9.69 Å². The number of carbonyl (C=O) groups is 1. The van der Waals surface area contributed by atoms with E-state index < -0.39 is 34.5 Å². The minimum Gasteiger partial charge on any atom is -0.489 e. The van der Waals surface area contributed by atoms with Crippen LogP contribution in [0.15, 0.2) is 24.3 Å². The lowest BCUT2D eigenvalue weighted by Gasteiger charge is -2.34. The SMILES string of the molecule is CS(=O)(=O)N(CC(=O)O)CC1CN(CCOc2ccccc2F)CCO1.Cl. The molecule has 0 aliphatic carbocycles. The van der Waals surface area contributed by atoms with Gasteiger partial charge in [0.15, 0.2) is 11.6 Å². The van der Waals surface area contributed by atoms with Crippen LogP contribution >= 0.6 is 12.4 Å². The van der Waals surface area contributed by atoms with E-state index in [2.05, 4.69) is 0 Å². The summed E-state index contributed by atoms with van der Waals surface area (Å²) in [6, 6.07) is 6.14. The highest BCUT2D eigenvalue weighted by molar-refractivity contribution is 7.88. The smallest absolute Gasteiger partial charge is 0.318 e. The summed E-state index contributed by atoms with van der Waals surface area (Å²) in [5.74, 6) is -1.46. The molecule has 0 radical (unpaired) electrons. The standard InChI is InChI=1S/C16H23FN2O6S.ClH/c1-26(22,23)19(12-16(20)21)11-13-10-18(6-8-24-13)7-9-25-15-5-3-2-4-14(15)17;/h2-5,13H,6-12H2,1H3,(H,20,21);1H. The lowest BCUT2D eigenvalue weighted by molar-refractivity contribution is -0.137. The molecule has 1 aliphatic heterocycles. The van der Waals surface area contributed by atoms with Crippen molar-refractivity contribution in [1.82, 2.24) is 9.21 Å². The quantitative estimate of drug-likeness (QED) is 0.620. The first kappa shape index (κ1) is 23.6. The van der Waals surface area contributed by atoms with Crippen molar-refractivity contribution in [2.75, 3.05) is 52.2 Å². The molecule has 154 valence electrons. The minimum atomic E-state index is -3.65. The van der Waals surface area contributed by atoms with Gasteiger partial charge in [0.2, 0.25) is 10.0 Å². The van der Waals surface area contributed by atoms with Crippen LogP contribution in [-0.2, 0) is 19.6 Å². The van der Waals surface area contributed by atoms with Gasteiger partial charge >= 0.3 is 5.97 Å². The van der Waals surface area contributed by atoms with Gasteiger partial charge in [0.05, 0.1) is 19.0 Å². The molecule has 1 fully saturated rings. The van der Waals surface area contributed by atoms with Crippen molar-refractivity contribution in [1.29, 1.82) is 0 Å². The maximum Gasteiger partial charge on any atom is 0.318 e. The zero-order valence-corrected chi connectivity index (χ0v) is 16.5. The Balaban J connectivity index is 0.00000364. The highest BCUT2D eigenvalue weighted by Gasteiger charge is 2.28. The van der Waals surface area contributed by atoms with Gasteiger partial charge in [-0.25, -0.2) is 12.8 Å². The van der Waals surface area contributed by atoms with E-state index in [9.17, 15) is 17.6 Å². The zero-order chi connectivity index (χ0) is 19.2. The van der Waals surface area contributed by atoms with E-state index in [1.54, 1.807) is 18.2 Å². The van der Waals surface area contributed by atoms with Crippen molar-refractivity contribution in [2.24, 2.45) is 0 Å². The Morgan fingerprint density at radius 2 is 2.15 bits per heavy atom. The number of aliphatic carboxylic acids is 1. The Bertz CT molecular complexity index is 721. The molecule has 1 unspecified atom stereocenters. The van der Waals surface area contributed by atoms with Crippen LogP contribution in [0.3, 0.4) is 0 Å². The molecule has 0 aromatic heterocycles. The van der Waals surface area contributed by atoms with Crippen LogP contribution in [0.2, 0.25) is 0 Å². The van der Waals surface area contributed by atoms with E-state index in [0.717, 1.165) is 10.6 Å². The largest absolute Gasteiger partial charge is 0.489 e. The zero-order valence-electron chi connectivity index (χ0n) is 14.9. The van der Waals surface area contributed by atoms with E-state index in [1.165, 1.54) is 6.07 Å². The van der Waals surface area contributed by atoms with E-state index in [1.807, 2.05) is 4.90 Å². The van der Waals surface area contributed by atoms with Crippen LogP contribution in [0.1, 0.15) is 0 Å². The lowest BCUT2D eigenvalue weighted by atomic mass is 10.2. The molecular formula is C16H24ClFN2O6S. The number of hydrogen-bond donors (Lipinski definition) is 1. The van der Waals surface area contributed by atoms with E-state index in [4.69, 9.17) is 14.6 Å². The fraction of sp³-hybridized carbons (Fsp3) is 0.562. The number of morpholine rings is 1. The first-order chi connectivity index (χ1) is 12.3. The summed E-state index contributed by atoms with van der Waals surface area (Å²) < 4.78 is 48.8. The molecule has 1 aromatic carbocycles. The van der Waals surface area contributed by atoms with E-state index >= 15 is 0 Å². The monoisotopic (exact) mass is 426 g/mol. The summed E-state index contributed by atoms with van der Waals surface area (Å²) in [5, 5.41) is 8.87. The molecule has 27 heavy (non-hydrogen) atoms. The molecule has 0 bridgehead atoms. The van der Waals surface area contributed by atoms with Crippen molar-refractivity contribution >= 4 is 28.4 Å². The fourth-order valence-corrected chi connectivity index (χ4v) is 3.42. The van der Waals surface area contributed by atoms with Crippen LogP contribution in [0.25, 0.3) is 0 Å². The fourth-order valence-electron chi connectivity index (χ4n) is 2.64. The summed E-state index contributed by atoms with van der Waals surface area (Å²) in [6.45, 7) is 1.63. The number of benzene rings is 1. The second kappa shape index (κ2) is 10.8. The van der Waals surface area contributed by atoms with Crippen LogP contribution in [0.5, 0.6) is 5.75 Å². The number of sulfonamides is 1. The molecule has 1 aromatic rings. The number of carboxylic acid groups (broad SMARTS) is 1. The van der Waals surface area contributed by atoms with Crippen molar-refractivity contribution in [3.63, 3.8) is 0 Å². The number of halogens is 2. The van der Waals surface area contributed by atoms with Gasteiger partial charge in [0.25, 0.3) is 0 Å². The van der Waals surface area contributed by atoms with E-state index in [-0.39, 0.29) is 31.3 Å². The Hall–Kier alpha value is -1.46. The predicted molar refractivity (Wildman–Crippen MR) is 99.4 cm³/mol. The highest BCUT2D eigenvalue weighted by Crippen LogP contribution is 2.15. The van der Waals surface area contributed by atoms with Crippen molar-refractivity contribution in [3.05, 3.63) is 30.1 Å². The molecule has 8 nitrogen and oxygen atoms in total. The molecular weight excluding hydrogens is 403 g/mol. The Kier molecular flexibility index (Phi) is 9.40. The summed E-state index contributed by atoms with van der Waals surface area (Å²) in [4.78, 5) is 12.9. The summed E-state index contributed by atoms with van der Waals surface area (Å²) >= 11 is 0. The molecule has 1 N–H and O–H groups in total. The first-order valence-electron chi connectivity index (χ1n) is 8.14. The Labute approximate surface area is 164 Å². The normalized spacial score (nSPS) is 18.1. The van der Waals surface area contributed by atoms with Crippen molar-refractivity contribution < 1.29 is 32.2 Å². The number of carboxylic acids is 1. The van der Waals surface area contributed by atoms with Gasteiger partial charge in [-0.1, -0.05) is 12.1 Å². The van der Waals surface area contributed by atoms with Crippen LogP contribution < -0.4 is 4.74 Å². The second-order valence-corrected chi connectivity index (χ2v) is 8.00. The molecule has 0 saturated carbocycles. The minimum absolute atomic E-state index is 0. The molecule has 0 amide bonds. The van der Waals surface area contributed by atoms with Crippen molar-refractivity contribution in [2.45, 2.75) is 6.10 Å². The van der Waals surface area contributed by atoms with Crippen LogP contribution in [0, 0.1) is 5.82 Å².